The molecule has 1 aliphatic rings. The van der Waals surface area contributed by atoms with Crippen LogP contribution in [0.15, 0.2) is 168 Å². The zero-order valence-corrected chi connectivity index (χ0v) is 27.4. The zero-order valence-electron chi connectivity index (χ0n) is 25.7. The summed E-state index contributed by atoms with van der Waals surface area (Å²) in [7, 11) is 0. The van der Waals surface area contributed by atoms with Gasteiger partial charge in [-0.3, -0.25) is 0 Å². The molecule has 0 aliphatic carbocycles. The summed E-state index contributed by atoms with van der Waals surface area (Å²) in [4.78, 5) is 13.3. The van der Waals surface area contributed by atoms with Gasteiger partial charge in [0.1, 0.15) is 0 Å². The first-order valence-electron chi connectivity index (χ1n) is 16.1. The van der Waals surface area contributed by atoms with Crippen LogP contribution in [-0.4, -0.2) is 9.97 Å². The average molecular weight is 647 g/mol. The van der Waals surface area contributed by atoms with Crippen LogP contribution in [-0.2, 0) is 0 Å². The largest absolute Gasteiger partial charge is 0.226 e. The lowest BCUT2D eigenvalue weighted by Gasteiger charge is -2.24. The Hall–Kier alpha value is -5.55. The molecule has 3 heterocycles. The van der Waals surface area contributed by atoms with Crippen LogP contribution < -0.4 is 0 Å². The molecule has 0 N–H and O–H groups in total. The molecule has 2 nitrogen and oxygen atoms in total. The van der Waals surface area contributed by atoms with E-state index < -0.39 is 0 Å². The summed E-state index contributed by atoms with van der Waals surface area (Å²) in [5.41, 5.74) is 11.4. The summed E-state index contributed by atoms with van der Waals surface area (Å²) in [6.45, 7) is 0. The maximum atomic E-state index is 5.42. The Bertz CT molecular complexity index is 2680. The highest BCUT2D eigenvalue weighted by atomic mass is 32.2. The van der Waals surface area contributed by atoms with Crippen molar-refractivity contribution in [1.29, 1.82) is 0 Å². The third-order valence-corrected chi connectivity index (χ3v) is 11.6. The summed E-state index contributed by atoms with van der Waals surface area (Å²) < 4.78 is 2.34. The first-order chi connectivity index (χ1) is 23.8. The minimum atomic E-state index is 0.755. The molecule has 9 aromatic rings. The molecule has 0 saturated heterocycles. The minimum absolute atomic E-state index is 0.755. The van der Waals surface area contributed by atoms with Crippen LogP contribution in [0, 0.1) is 0 Å². The Kier molecular flexibility index (Phi) is 6.33. The van der Waals surface area contributed by atoms with Gasteiger partial charge in [-0.15, -0.1) is 11.3 Å². The van der Waals surface area contributed by atoms with Crippen molar-refractivity contribution in [2.75, 3.05) is 0 Å². The predicted molar refractivity (Wildman–Crippen MR) is 204 cm³/mol. The van der Waals surface area contributed by atoms with Crippen molar-refractivity contribution in [3.63, 3.8) is 0 Å². The molecule has 0 bridgehead atoms. The molecule has 224 valence electrons. The Balaban J connectivity index is 1.21. The number of benzene rings is 7. The second-order valence-electron chi connectivity index (χ2n) is 12.1. The smallest absolute Gasteiger partial charge is 0.161 e. The van der Waals surface area contributed by atoms with E-state index in [0.29, 0.717) is 0 Å². The van der Waals surface area contributed by atoms with E-state index >= 15 is 0 Å². The van der Waals surface area contributed by atoms with Crippen LogP contribution in [0.3, 0.4) is 0 Å². The van der Waals surface area contributed by atoms with E-state index in [1.54, 1.807) is 11.3 Å². The van der Waals surface area contributed by atoms with Gasteiger partial charge in [0.2, 0.25) is 0 Å². The molecule has 0 saturated carbocycles. The van der Waals surface area contributed by atoms with Gasteiger partial charge in [0.15, 0.2) is 5.82 Å². The average Bonchev–Trinajstić information content (AvgIpc) is 3.54. The third-order valence-electron chi connectivity index (χ3n) is 9.33. The number of aromatic nitrogens is 2. The molecule has 0 spiro atoms. The van der Waals surface area contributed by atoms with Crippen molar-refractivity contribution >= 4 is 54.2 Å². The van der Waals surface area contributed by atoms with Crippen molar-refractivity contribution in [2.24, 2.45) is 0 Å². The molecule has 0 amide bonds. The first kappa shape index (κ1) is 27.6. The van der Waals surface area contributed by atoms with Gasteiger partial charge in [-0.1, -0.05) is 151 Å². The molecule has 0 fully saturated rings. The summed E-state index contributed by atoms with van der Waals surface area (Å²) >= 11 is 3.62. The van der Waals surface area contributed by atoms with Crippen molar-refractivity contribution in [2.45, 2.75) is 9.79 Å². The lowest BCUT2D eigenvalue weighted by atomic mass is 9.90. The van der Waals surface area contributed by atoms with Crippen LogP contribution in [0.25, 0.3) is 87.1 Å². The third kappa shape index (κ3) is 4.34. The van der Waals surface area contributed by atoms with Crippen molar-refractivity contribution < 1.29 is 0 Å². The van der Waals surface area contributed by atoms with Gasteiger partial charge in [-0.2, -0.15) is 0 Å². The van der Waals surface area contributed by atoms with E-state index in [9.17, 15) is 0 Å². The van der Waals surface area contributed by atoms with E-state index in [-0.39, 0.29) is 0 Å². The normalized spacial score (nSPS) is 12.1. The number of hydrogen-bond donors (Lipinski definition) is 0. The monoisotopic (exact) mass is 646 g/mol. The highest BCUT2D eigenvalue weighted by molar-refractivity contribution is 7.99. The molecule has 0 radical (unpaired) electrons. The van der Waals surface area contributed by atoms with Crippen molar-refractivity contribution in [3.8, 4) is 56.0 Å². The van der Waals surface area contributed by atoms with Gasteiger partial charge in [-0.05, 0) is 51.4 Å². The van der Waals surface area contributed by atoms with Gasteiger partial charge in [0, 0.05) is 42.0 Å². The van der Waals surface area contributed by atoms with Gasteiger partial charge >= 0.3 is 0 Å². The molecular weight excluding hydrogens is 621 g/mol. The van der Waals surface area contributed by atoms with E-state index in [2.05, 4.69) is 158 Å². The second kappa shape index (κ2) is 11.0. The first-order valence-corrected chi connectivity index (χ1v) is 17.7. The summed E-state index contributed by atoms with van der Waals surface area (Å²) in [5.74, 6) is 0.755. The lowest BCUT2D eigenvalue weighted by Crippen LogP contribution is -2.00. The fourth-order valence-corrected chi connectivity index (χ4v) is 9.41. The standard InChI is InChI=1S/C44H26N2S2/c1-3-11-27(12-4-1)28-21-23-30(24-22-28)41-43-42(33-15-7-8-19-36(33)48-43)46-44(45-41)35-18-10-20-37-40(35)34-17-9-16-32-31(29-13-5-2-6-14-29)25-26-38(47-37)39(32)34/h1-26H. The Morgan fingerprint density at radius 1 is 0.417 bits per heavy atom. The Morgan fingerprint density at radius 3 is 1.92 bits per heavy atom. The SMILES string of the molecule is c1ccc(-c2ccc(-c3nc(-c4cccc5c4-c4cccc6c(-c7ccccc7)ccc(c46)S5)nc4c3sc3ccccc34)cc2)cc1. The fourth-order valence-electron chi connectivity index (χ4n) is 7.09. The van der Waals surface area contributed by atoms with Crippen LogP contribution in [0.2, 0.25) is 0 Å². The molecular formula is C44H26N2S2. The molecule has 4 heteroatoms. The summed E-state index contributed by atoms with van der Waals surface area (Å²) in [6.07, 6.45) is 0. The Labute approximate surface area is 286 Å². The number of thiophene rings is 1. The highest BCUT2D eigenvalue weighted by Crippen LogP contribution is 2.52. The number of nitrogens with zero attached hydrogens (tertiary/aromatic N) is 2. The van der Waals surface area contributed by atoms with E-state index in [1.807, 2.05) is 11.8 Å². The molecule has 10 rings (SSSR count). The molecule has 2 aromatic heterocycles. The second-order valence-corrected chi connectivity index (χ2v) is 14.2. The summed E-state index contributed by atoms with van der Waals surface area (Å²) in [5, 5.41) is 3.73. The van der Waals surface area contributed by atoms with Gasteiger partial charge in [0.25, 0.3) is 0 Å². The number of rotatable bonds is 4. The number of fused-ring (bicyclic) bond motifs is 5. The molecule has 7 aromatic carbocycles. The highest BCUT2D eigenvalue weighted by Gasteiger charge is 2.26. The van der Waals surface area contributed by atoms with Gasteiger partial charge in [-0.25, -0.2) is 9.97 Å². The van der Waals surface area contributed by atoms with Crippen LogP contribution in [0.1, 0.15) is 0 Å². The van der Waals surface area contributed by atoms with Crippen LogP contribution in [0.5, 0.6) is 0 Å². The van der Waals surface area contributed by atoms with E-state index in [0.717, 1.165) is 32.9 Å². The van der Waals surface area contributed by atoms with Gasteiger partial charge in [0.05, 0.1) is 15.9 Å². The minimum Gasteiger partial charge on any atom is -0.226 e. The fraction of sp³-hybridized carbons (Fsp3) is 0. The van der Waals surface area contributed by atoms with Crippen LogP contribution >= 0.6 is 23.1 Å². The molecule has 0 unspecified atom stereocenters. The maximum Gasteiger partial charge on any atom is 0.161 e. The lowest BCUT2D eigenvalue weighted by molar-refractivity contribution is 1.23. The molecule has 48 heavy (non-hydrogen) atoms. The Morgan fingerprint density at radius 2 is 1.08 bits per heavy atom. The molecule has 0 atom stereocenters. The van der Waals surface area contributed by atoms with E-state index in [4.69, 9.17) is 9.97 Å². The molecule has 1 aliphatic heterocycles. The summed E-state index contributed by atoms with van der Waals surface area (Å²) in [6, 6.07) is 56.5. The quantitative estimate of drug-likeness (QED) is 0.190. The predicted octanol–water partition coefficient (Wildman–Crippen LogP) is 12.8. The maximum absolute atomic E-state index is 5.42. The van der Waals surface area contributed by atoms with Crippen LogP contribution in [0.4, 0.5) is 0 Å². The van der Waals surface area contributed by atoms with Gasteiger partial charge < -0.3 is 0 Å². The van der Waals surface area contributed by atoms with E-state index in [1.165, 1.54) is 64.0 Å². The van der Waals surface area contributed by atoms with Crippen molar-refractivity contribution in [1.82, 2.24) is 9.97 Å². The van der Waals surface area contributed by atoms with Crippen molar-refractivity contribution in [3.05, 3.63) is 158 Å². The zero-order chi connectivity index (χ0) is 31.6. The topological polar surface area (TPSA) is 25.8 Å². The number of hydrogen-bond acceptors (Lipinski definition) is 4.